The number of amidine groups is 1. The predicted octanol–water partition coefficient (Wildman–Crippen LogP) is 3.33. The normalized spacial score (nSPS) is 20.3. The first-order valence-corrected chi connectivity index (χ1v) is 11.7. The first-order chi connectivity index (χ1) is 13.7. The number of rotatable bonds is 3. The van der Waals surface area contributed by atoms with Crippen molar-refractivity contribution < 1.29 is 13.2 Å². The number of hydrogen-bond acceptors (Lipinski definition) is 4. The molecule has 2 heterocycles. The molecule has 3 rings (SSSR count). The van der Waals surface area contributed by atoms with Crippen molar-refractivity contribution >= 4 is 38.4 Å². The Balaban J connectivity index is 1.80. The number of benzene rings is 1. The maximum Gasteiger partial charge on any atom is 0.317 e. The molecule has 9 heteroatoms. The SMILES string of the molecule is CC[C@@H](C)NC(=O)N1CCCN(C2=NS(=O)(=O)C(c3cccc(Cl)c3)=C2C)CC1. The molecule has 2 aliphatic rings. The third kappa shape index (κ3) is 4.75. The summed E-state index contributed by atoms with van der Waals surface area (Å²) in [6.45, 7) is 8.10. The van der Waals surface area contributed by atoms with Gasteiger partial charge < -0.3 is 15.1 Å². The molecule has 1 aromatic rings. The van der Waals surface area contributed by atoms with E-state index in [1.165, 1.54) is 0 Å². The van der Waals surface area contributed by atoms with Gasteiger partial charge in [-0.25, -0.2) is 4.79 Å². The van der Waals surface area contributed by atoms with Crippen LogP contribution in [0.4, 0.5) is 4.79 Å². The zero-order valence-corrected chi connectivity index (χ0v) is 18.6. The lowest BCUT2D eigenvalue weighted by molar-refractivity contribution is 0.196. The fourth-order valence-corrected chi connectivity index (χ4v) is 5.21. The number of carbonyl (C=O) groups excluding carboxylic acids is 1. The molecule has 1 fully saturated rings. The standard InChI is InChI=1S/C20H27ClN4O3S/c1-4-14(2)22-20(26)25-10-6-9-24(11-12-25)19-15(3)18(29(27,28)23-19)16-7-5-8-17(21)13-16/h5,7-8,13-14H,4,6,9-12H2,1-3H3,(H,22,26)/t14-/m1/s1. The van der Waals surface area contributed by atoms with Crippen molar-refractivity contribution in [3.63, 3.8) is 0 Å². The minimum Gasteiger partial charge on any atom is -0.354 e. The quantitative estimate of drug-likeness (QED) is 0.784. The Morgan fingerprint density at radius 3 is 2.72 bits per heavy atom. The Labute approximate surface area is 177 Å². The predicted molar refractivity (Wildman–Crippen MR) is 116 cm³/mol. The molecule has 0 saturated carbocycles. The largest absolute Gasteiger partial charge is 0.354 e. The molecule has 1 saturated heterocycles. The van der Waals surface area contributed by atoms with Crippen LogP contribution in [0.3, 0.4) is 0 Å². The summed E-state index contributed by atoms with van der Waals surface area (Å²) in [5.74, 6) is 0.462. The number of nitrogens with zero attached hydrogens (tertiary/aromatic N) is 3. The van der Waals surface area contributed by atoms with Crippen LogP contribution in [0.15, 0.2) is 34.2 Å². The van der Waals surface area contributed by atoms with Gasteiger partial charge in [0, 0.05) is 42.8 Å². The third-order valence-corrected chi connectivity index (χ3v) is 7.00. The smallest absolute Gasteiger partial charge is 0.317 e. The van der Waals surface area contributed by atoms with Crippen LogP contribution in [-0.2, 0) is 10.0 Å². The molecule has 0 aliphatic carbocycles. The van der Waals surface area contributed by atoms with Crippen LogP contribution >= 0.6 is 11.6 Å². The highest BCUT2D eigenvalue weighted by molar-refractivity contribution is 8.00. The first kappa shape index (κ1) is 21.6. The average molecular weight is 439 g/mol. The lowest BCUT2D eigenvalue weighted by atomic mass is 10.1. The van der Waals surface area contributed by atoms with E-state index in [0.29, 0.717) is 48.2 Å². The Morgan fingerprint density at radius 1 is 1.28 bits per heavy atom. The topological polar surface area (TPSA) is 82.1 Å². The number of amides is 2. The Bertz CT molecular complexity index is 958. The molecule has 158 valence electrons. The van der Waals surface area contributed by atoms with Gasteiger partial charge in [0.2, 0.25) is 0 Å². The van der Waals surface area contributed by atoms with Gasteiger partial charge in [-0.15, -0.1) is 4.40 Å². The van der Waals surface area contributed by atoms with Gasteiger partial charge in [0.05, 0.1) is 0 Å². The second kappa shape index (κ2) is 8.75. The van der Waals surface area contributed by atoms with Crippen LogP contribution in [0.2, 0.25) is 5.02 Å². The van der Waals surface area contributed by atoms with Crippen molar-refractivity contribution in [2.24, 2.45) is 4.40 Å². The molecule has 0 radical (unpaired) electrons. The van der Waals surface area contributed by atoms with Gasteiger partial charge in [-0.2, -0.15) is 8.42 Å². The number of halogens is 1. The fraction of sp³-hybridized carbons (Fsp3) is 0.500. The monoisotopic (exact) mass is 438 g/mol. The summed E-state index contributed by atoms with van der Waals surface area (Å²) in [4.78, 5) is 16.4. The van der Waals surface area contributed by atoms with Crippen molar-refractivity contribution in [1.29, 1.82) is 0 Å². The van der Waals surface area contributed by atoms with Gasteiger partial charge in [-0.1, -0.05) is 30.7 Å². The van der Waals surface area contributed by atoms with Crippen molar-refractivity contribution in [1.82, 2.24) is 15.1 Å². The lowest BCUT2D eigenvalue weighted by Gasteiger charge is -2.25. The van der Waals surface area contributed by atoms with E-state index in [1.807, 2.05) is 18.7 Å². The highest BCUT2D eigenvalue weighted by Gasteiger charge is 2.34. The second-order valence-electron chi connectivity index (χ2n) is 7.44. The molecule has 2 amide bonds. The summed E-state index contributed by atoms with van der Waals surface area (Å²) < 4.78 is 29.6. The molecule has 7 nitrogen and oxygen atoms in total. The van der Waals surface area contributed by atoms with Crippen LogP contribution < -0.4 is 5.32 Å². The van der Waals surface area contributed by atoms with Crippen molar-refractivity contribution in [2.75, 3.05) is 26.2 Å². The molecule has 29 heavy (non-hydrogen) atoms. The lowest BCUT2D eigenvalue weighted by Crippen LogP contribution is -2.45. The molecule has 0 bridgehead atoms. The van der Waals surface area contributed by atoms with Crippen LogP contribution in [0.1, 0.15) is 39.2 Å². The van der Waals surface area contributed by atoms with Gasteiger partial charge in [-0.05, 0) is 44.4 Å². The Hall–Kier alpha value is -2.06. The van der Waals surface area contributed by atoms with E-state index < -0.39 is 10.0 Å². The summed E-state index contributed by atoms with van der Waals surface area (Å²) in [6.07, 6.45) is 1.61. The molecule has 1 aromatic carbocycles. The second-order valence-corrected chi connectivity index (χ2v) is 9.42. The molecule has 0 spiro atoms. The van der Waals surface area contributed by atoms with Gasteiger partial charge in [-0.3, -0.25) is 0 Å². The van der Waals surface area contributed by atoms with Crippen LogP contribution in [0.25, 0.3) is 4.91 Å². The third-order valence-electron chi connectivity index (χ3n) is 5.29. The highest BCUT2D eigenvalue weighted by atomic mass is 35.5. The minimum atomic E-state index is -3.79. The van der Waals surface area contributed by atoms with E-state index in [1.54, 1.807) is 36.1 Å². The van der Waals surface area contributed by atoms with E-state index in [0.717, 1.165) is 12.8 Å². The zero-order valence-electron chi connectivity index (χ0n) is 17.0. The minimum absolute atomic E-state index is 0.0749. The van der Waals surface area contributed by atoms with Crippen molar-refractivity contribution in [3.8, 4) is 0 Å². The van der Waals surface area contributed by atoms with Crippen molar-refractivity contribution in [2.45, 2.75) is 39.7 Å². The summed E-state index contributed by atoms with van der Waals surface area (Å²) in [6, 6.07) is 6.85. The van der Waals surface area contributed by atoms with Gasteiger partial charge >= 0.3 is 6.03 Å². The highest BCUT2D eigenvalue weighted by Crippen LogP contribution is 2.34. The first-order valence-electron chi connectivity index (χ1n) is 9.85. The zero-order chi connectivity index (χ0) is 21.2. The Kier molecular flexibility index (Phi) is 6.53. The van der Waals surface area contributed by atoms with Crippen LogP contribution in [0, 0.1) is 0 Å². The number of hydrogen-bond donors (Lipinski definition) is 1. The molecule has 1 N–H and O–H groups in total. The van der Waals surface area contributed by atoms with Crippen molar-refractivity contribution in [3.05, 3.63) is 40.4 Å². The van der Waals surface area contributed by atoms with E-state index in [9.17, 15) is 13.2 Å². The van der Waals surface area contributed by atoms with Crippen LogP contribution in [0.5, 0.6) is 0 Å². The molecule has 2 aliphatic heterocycles. The number of carbonyl (C=O) groups is 1. The summed E-state index contributed by atoms with van der Waals surface area (Å²) >= 11 is 6.05. The summed E-state index contributed by atoms with van der Waals surface area (Å²) in [5, 5.41) is 3.46. The number of sulfonamides is 1. The van der Waals surface area contributed by atoms with E-state index in [-0.39, 0.29) is 17.0 Å². The summed E-state index contributed by atoms with van der Waals surface area (Å²) in [7, 11) is -3.79. The maximum atomic E-state index is 12.8. The average Bonchev–Trinajstić information content (AvgIpc) is 2.82. The molecular formula is C20H27ClN4O3S. The summed E-state index contributed by atoms with van der Waals surface area (Å²) in [5.41, 5.74) is 1.16. The Morgan fingerprint density at radius 2 is 2.03 bits per heavy atom. The molecule has 1 atom stereocenters. The van der Waals surface area contributed by atoms with Crippen LogP contribution in [-0.4, -0.2) is 62.3 Å². The maximum absolute atomic E-state index is 12.8. The van der Waals surface area contributed by atoms with E-state index in [4.69, 9.17) is 11.6 Å². The van der Waals surface area contributed by atoms with Gasteiger partial charge in [0.1, 0.15) is 10.7 Å². The number of nitrogens with one attached hydrogen (secondary N) is 1. The van der Waals surface area contributed by atoms with E-state index in [2.05, 4.69) is 9.71 Å². The van der Waals surface area contributed by atoms with Gasteiger partial charge in [0.15, 0.2) is 0 Å². The molecule has 0 unspecified atom stereocenters. The van der Waals surface area contributed by atoms with Gasteiger partial charge in [0.25, 0.3) is 10.0 Å². The number of urea groups is 1. The fourth-order valence-electron chi connectivity index (χ4n) is 3.55. The molecule has 0 aromatic heterocycles. The van der Waals surface area contributed by atoms with E-state index >= 15 is 0 Å². The molecular weight excluding hydrogens is 412 g/mol.